The van der Waals surface area contributed by atoms with E-state index in [0.29, 0.717) is 0 Å². The summed E-state index contributed by atoms with van der Waals surface area (Å²) in [6.45, 7) is -1.83. The van der Waals surface area contributed by atoms with Crippen LogP contribution in [0, 0.1) is 17.1 Å². The smallest absolute Gasteiger partial charge is 0.376 e. The second-order valence-corrected chi connectivity index (χ2v) is 3.55. The van der Waals surface area contributed by atoms with E-state index in [1.807, 2.05) is 0 Å². The minimum Gasteiger partial charge on any atom is -0.376 e. The topological polar surface area (TPSA) is 64.9 Å². The van der Waals surface area contributed by atoms with Gasteiger partial charge in [0.05, 0.1) is 12.1 Å². The molecule has 0 fully saturated rings. The van der Waals surface area contributed by atoms with Gasteiger partial charge < -0.3 is 10.6 Å². The Kier molecular flexibility index (Phi) is 4.69. The van der Waals surface area contributed by atoms with Crippen molar-refractivity contribution in [1.82, 2.24) is 5.32 Å². The number of anilines is 1. The van der Waals surface area contributed by atoms with Crippen LogP contribution in [0.1, 0.15) is 5.56 Å². The number of carbonyl (C=O) groups is 1. The molecule has 1 amide bonds. The Morgan fingerprint density at radius 2 is 2.05 bits per heavy atom. The van der Waals surface area contributed by atoms with Crippen LogP contribution < -0.4 is 10.6 Å². The lowest BCUT2D eigenvalue weighted by molar-refractivity contribution is -0.137. The van der Waals surface area contributed by atoms with Gasteiger partial charge in [-0.25, -0.2) is 4.39 Å². The minimum atomic E-state index is -4.47. The maximum Gasteiger partial charge on any atom is 0.405 e. The molecule has 0 spiro atoms. The molecule has 0 saturated heterocycles. The van der Waals surface area contributed by atoms with Crippen LogP contribution in [0.3, 0.4) is 0 Å². The zero-order valence-electron chi connectivity index (χ0n) is 9.51. The third-order valence-electron chi connectivity index (χ3n) is 2.03. The first kappa shape index (κ1) is 14.8. The van der Waals surface area contributed by atoms with E-state index in [9.17, 15) is 22.4 Å². The van der Waals surface area contributed by atoms with Gasteiger partial charge >= 0.3 is 6.18 Å². The summed E-state index contributed by atoms with van der Waals surface area (Å²) in [4.78, 5) is 11.1. The predicted octanol–water partition coefficient (Wildman–Crippen LogP) is 1.79. The van der Waals surface area contributed by atoms with Gasteiger partial charge in [-0.15, -0.1) is 0 Å². The van der Waals surface area contributed by atoms with Gasteiger partial charge in [0.2, 0.25) is 5.91 Å². The first-order valence-electron chi connectivity index (χ1n) is 5.09. The molecule has 0 aliphatic heterocycles. The lowest BCUT2D eigenvalue weighted by Gasteiger charge is -2.10. The summed E-state index contributed by atoms with van der Waals surface area (Å²) < 4.78 is 48.4. The summed E-state index contributed by atoms with van der Waals surface area (Å²) in [6, 6.07) is 5.06. The fraction of sp³-hybridized carbons (Fsp3) is 0.273. The Labute approximate surface area is 106 Å². The molecule has 1 aromatic carbocycles. The van der Waals surface area contributed by atoms with Crippen molar-refractivity contribution in [1.29, 1.82) is 5.26 Å². The molecule has 1 rings (SSSR count). The number of nitrogens with one attached hydrogen (secondary N) is 2. The monoisotopic (exact) mass is 275 g/mol. The molecule has 0 atom stereocenters. The van der Waals surface area contributed by atoms with Crippen LogP contribution in [0.25, 0.3) is 0 Å². The van der Waals surface area contributed by atoms with E-state index in [0.717, 1.165) is 12.1 Å². The minimum absolute atomic E-state index is 0.222. The van der Waals surface area contributed by atoms with E-state index in [4.69, 9.17) is 5.26 Å². The molecular formula is C11H9F4N3O. The quantitative estimate of drug-likeness (QED) is 0.823. The molecule has 8 heteroatoms. The molecule has 19 heavy (non-hydrogen) atoms. The number of hydrogen-bond donors (Lipinski definition) is 2. The first-order valence-corrected chi connectivity index (χ1v) is 5.09. The number of nitriles is 1. The van der Waals surface area contributed by atoms with Gasteiger partial charge in [-0.2, -0.15) is 18.4 Å². The number of hydrogen-bond acceptors (Lipinski definition) is 3. The number of halogens is 4. The Hall–Kier alpha value is -2.30. The highest BCUT2D eigenvalue weighted by molar-refractivity contribution is 5.80. The van der Waals surface area contributed by atoms with Crippen LogP contribution in [-0.4, -0.2) is 25.2 Å². The zero-order valence-corrected chi connectivity index (χ0v) is 9.51. The van der Waals surface area contributed by atoms with Crippen molar-refractivity contribution < 1.29 is 22.4 Å². The zero-order chi connectivity index (χ0) is 14.5. The number of alkyl halides is 3. The Balaban J connectivity index is 2.49. The molecule has 0 aliphatic carbocycles. The summed E-state index contributed by atoms with van der Waals surface area (Å²) >= 11 is 0. The second-order valence-electron chi connectivity index (χ2n) is 3.55. The Bertz CT molecular complexity index is 508. The average Bonchev–Trinajstić information content (AvgIpc) is 2.34. The van der Waals surface area contributed by atoms with Crippen molar-refractivity contribution in [2.75, 3.05) is 18.4 Å². The number of amides is 1. The normalized spacial score (nSPS) is 10.7. The lowest BCUT2D eigenvalue weighted by atomic mass is 10.2. The van der Waals surface area contributed by atoms with Gasteiger partial charge in [-0.05, 0) is 18.2 Å². The third kappa shape index (κ3) is 5.25. The summed E-state index contributed by atoms with van der Waals surface area (Å²) in [6.07, 6.45) is -4.47. The van der Waals surface area contributed by atoms with Crippen LogP contribution in [-0.2, 0) is 4.79 Å². The highest BCUT2D eigenvalue weighted by Gasteiger charge is 2.27. The molecule has 0 heterocycles. The standard InChI is InChI=1S/C11H9F4N3O/c12-9-2-1-8(3-7(9)4-16)17-5-10(19)18-6-11(13,14)15/h1-3,17H,5-6H2,(H,18,19). The molecule has 2 N–H and O–H groups in total. The second kappa shape index (κ2) is 6.04. The van der Waals surface area contributed by atoms with Crippen molar-refractivity contribution in [2.45, 2.75) is 6.18 Å². The van der Waals surface area contributed by atoms with E-state index < -0.39 is 31.0 Å². The van der Waals surface area contributed by atoms with Crippen LogP contribution in [0.2, 0.25) is 0 Å². The fourth-order valence-corrected chi connectivity index (χ4v) is 1.16. The summed E-state index contributed by atoms with van der Waals surface area (Å²) in [5, 5.41) is 12.7. The average molecular weight is 275 g/mol. The number of carbonyl (C=O) groups excluding carboxylic acids is 1. The van der Waals surface area contributed by atoms with E-state index in [-0.39, 0.29) is 11.3 Å². The van der Waals surface area contributed by atoms with E-state index in [1.165, 1.54) is 6.07 Å². The van der Waals surface area contributed by atoms with Gasteiger partial charge in [0.15, 0.2) is 0 Å². The molecule has 0 unspecified atom stereocenters. The summed E-state index contributed by atoms with van der Waals surface area (Å²) in [5.41, 5.74) is 0.0424. The van der Waals surface area contributed by atoms with Gasteiger partial charge in [-0.3, -0.25) is 4.79 Å². The van der Waals surface area contributed by atoms with Crippen LogP contribution in [0.4, 0.5) is 23.2 Å². The van der Waals surface area contributed by atoms with Gasteiger partial charge in [0.25, 0.3) is 0 Å². The number of rotatable bonds is 4. The molecule has 4 nitrogen and oxygen atoms in total. The van der Waals surface area contributed by atoms with E-state index >= 15 is 0 Å². The first-order chi connectivity index (χ1) is 8.81. The SMILES string of the molecule is N#Cc1cc(NCC(=O)NCC(F)(F)F)ccc1F. The number of benzene rings is 1. The van der Waals surface area contributed by atoms with Gasteiger partial charge in [0, 0.05) is 5.69 Å². The van der Waals surface area contributed by atoms with Gasteiger partial charge in [-0.1, -0.05) is 0 Å². The third-order valence-corrected chi connectivity index (χ3v) is 2.03. The molecule has 1 aromatic rings. The van der Waals surface area contributed by atoms with Gasteiger partial charge in [0.1, 0.15) is 18.4 Å². The van der Waals surface area contributed by atoms with E-state index in [1.54, 1.807) is 11.4 Å². The summed E-state index contributed by atoms with van der Waals surface area (Å²) in [7, 11) is 0. The Morgan fingerprint density at radius 3 is 2.63 bits per heavy atom. The fourth-order valence-electron chi connectivity index (χ4n) is 1.16. The molecule has 102 valence electrons. The lowest BCUT2D eigenvalue weighted by Crippen LogP contribution is -2.37. The molecule has 0 bridgehead atoms. The van der Waals surface area contributed by atoms with Crippen molar-refractivity contribution in [3.63, 3.8) is 0 Å². The van der Waals surface area contributed by atoms with Crippen molar-refractivity contribution in [3.05, 3.63) is 29.6 Å². The predicted molar refractivity (Wildman–Crippen MR) is 58.7 cm³/mol. The molecular weight excluding hydrogens is 266 g/mol. The number of nitrogens with zero attached hydrogens (tertiary/aromatic N) is 1. The molecule has 0 radical (unpaired) electrons. The van der Waals surface area contributed by atoms with Crippen LogP contribution in [0.15, 0.2) is 18.2 Å². The molecule has 0 aromatic heterocycles. The molecule has 0 aliphatic rings. The van der Waals surface area contributed by atoms with Crippen molar-refractivity contribution in [2.24, 2.45) is 0 Å². The Morgan fingerprint density at radius 1 is 1.37 bits per heavy atom. The largest absolute Gasteiger partial charge is 0.405 e. The maximum absolute atomic E-state index is 13.0. The van der Waals surface area contributed by atoms with Crippen molar-refractivity contribution >= 4 is 11.6 Å². The van der Waals surface area contributed by atoms with Crippen LogP contribution in [0.5, 0.6) is 0 Å². The highest BCUT2D eigenvalue weighted by atomic mass is 19.4. The summed E-state index contributed by atoms with van der Waals surface area (Å²) in [5.74, 6) is -1.57. The maximum atomic E-state index is 13.0. The molecule has 0 saturated carbocycles. The van der Waals surface area contributed by atoms with Crippen molar-refractivity contribution in [3.8, 4) is 6.07 Å². The van der Waals surface area contributed by atoms with Crippen LogP contribution >= 0.6 is 0 Å². The van der Waals surface area contributed by atoms with E-state index in [2.05, 4.69) is 5.32 Å². The highest BCUT2D eigenvalue weighted by Crippen LogP contribution is 2.14.